The molecule has 1 unspecified atom stereocenters. The summed E-state index contributed by atoms with van der Waals surface area (Å²) in [7, 11) is 0. The highest BCUT2D eigenvalue weighted by Gasteiger charge is 2.45. The summed E-state index contributed by atoms with van der Waals surface area (Å²) < 4.78 is 11.8. The van der Waals surface area contributed by atoms with E-state index in [-0.39, 0.29) is 57.7 Å². The van der Waals surface area contributed by atoms with E-state index in [9.17, 15) is 24.0 Å². The molecule has 3 aliphatic heterocycles. The monoisotopic (exact) mass is 1050 g/mol. The Bertz CT molecular complexity index is 2810. The molecule has 8 rings (SSSR count). The first-order valence-electron chi connectivity index (χ1n) is 26.3. The first-order valence-corrected chi connectivity index (χ1v) is 26.3. The number of fused-ring (bicyclic) bond motifs is 2. The quantitative estimate of drug-likeness (QED) is 0.0608. The number of ether oxygens (including phenoxy) is 2. The number of rotatable bonds is 17. The van der Waals surface area contributed by atoms with Crippen molar-refractivity contribution in [2.24, 2.45) is 11.5 Å². The SMILES string of the molecule is NCCCC[C@@H]1NC(=O)[C@@H](CC2CNc3ccccc32)NC(=O)[C@H](c2ccccc2)NC(=O)[C@@H]2C[C@@H](OC(=O)NCCN)CN2C(=O)[C@H](Cc2ccccc2)NC(=O)[C@H](Cc2ccc(OCc3ccccc3)cc2)NC1=O. The maximum atomic E-state index is 15.3. The van der Waals surface area contributed by atoms with Gasteiger partial charge in [0.05, 0.1) is 6.54 Å². The third kappa shape index (κ3) is 15.0. The third-order valence-corrected chi connectivity index (χ3v) is 14.0. The molecule has 0 radical (unpaired) electrons. The lowest BCUT2D eigenvalue weighted by molar-refractivity contribution is -0.143. The van der Waals surface area contributed by atoms with Crippen LogP contribution in [0.25, 0.3) is 0 Å². The molecule has 11 N–H and O–H groups in total. The zero-order valence-electron chi connectivity index (χ0n) is 42.9. The molecule has 0 saturated carbocycles. The zero-order valence-corrected chi connectivity index (χ0v) is 42.9. The first-order chi connectivity index (χ1) is 37.5. The van der Waals surface area contributed by atoms with E-state index in [1.165, 1.54) is 4.90 Å². The van der Waals surface area contributed by atoms with Crippen LogP contribution >= 0.6 is 0 Å². The Hall–Kier alpha value is -8.29. The second-order valence-corrected chi connectivity index (χ2v) is 19.6. The number of nitrogens with one attached hydrogen (secondary N) is 7. The maximum absolute atomic E-state index is 15.3. The van der Waals surface area contributed by atoms with Crippen molar-refractivity contribution in [3.05, 3.63) is 167 Å². The number of nitrogens with two attached hydrogens (primary N) is 2. The molecule has 404 valence electrons. The standard InChI is InChI=1S/C58H68N10O9/c59-27-13-12-22-46-52(69)64-47(30-38-23-25-42(26-24-38)76-36-39-16-6-2-7-17-39)53(70)66-49(31-37-14-4-1-5-15-37)57(74)68-35-43(77-58(75)61-29-28-60)33-50(68)55(72)67-51(40-18-8-3-9-19-40)56(73)65-48(54(71)63-46)32-41-34-62-45-21-11-10-20-44(41)45/h1-11,14-21,23-26,41,43,46-51,62H,12-13,22,27-36,59-60H2,(H,61,75)(H,63,71)(H,64,69)(H,65,73)(H,66,70)(H,67,72)/t41?,43-,46+,47+,48-,49+,50+,51+/m1/s1. The van der Waals surface area contributed by atoms with Crippen LogP contribution in [0.4, 0.5) is 10.5 Å². The van der Waals surface area contributed by atoms with Crippen molar-refractivity contribution in [3.8, 4) is 5.75 Å². The van der Waals surface area contributed by atoms with E-state index in [1.807, 2.05) is 60.7 Å². The van der Waals surface area contributed by atoms with E-state index in [1.54, 1.807) is 78.9 Å². The summed E-state index contributed by atoms with van der Waals surface area (Å²) >= 11 is 0. The van der Waals surface area contributed by atoms with Gasteiger partial charge in [0.15, 0.2) is 0 Å². The molecule has 77 heavy (non-hydrogen) atoms. The molecule has 0 aliphatic carbocycles. The fourth-order valence-electron chi connectivity index (χ4n) is 10.0. The van der Waals surface area contributed by atoms with Gasteiger partial charge < -0.3 is 63.1 Å². The van der Waals surface area contributed by atoms with Crippen LogP contribution in [0.5, 0.6) is 5.75 Å². The third-order valence-electron chi connectivity index (χ3n) is 14.0. The number of alkyl carbamates (subject to hydrolysis) is 1. The summed E-state index contributed by atoms with van der Waals surface area (Å²) in [6, 6.07) is 34.0. The van der Waals surface area contributed by atoms with E-state index in [2.05, 4.69) is 37.2 Å². The van der Waals surface area contributed by atoms with Crippen LogP contribution in [0.2, 0.25) is 0 Å². The van der Waals surface area contributed by atoms with Crippen molar-refractivity contribution >= 4 is 47.2 Å². The van der Waals surface area contributed by atoms with Crippen molar-refractivity contribution in [3.63, 3.8) is 0 Å². The average Bonchev–Trinajstić information content (AvgIpc) is 4.08. The molecule has 2 saturated heterocycles. The van der Waals surface area contributed by atoms with E-state index in [0.717, 1.165) is 16.8 Å². The van der Waals surface area contributed by atoms with Gasteiger partial charge in [-0.15, -0.1) is 0 Å². The lowest BCUT2D eigenvalue weighted by atomic mass is 9.92. The van der Waals surface area contributed by atoms with Crippen molar-refractivity contribution in [1.29, 1.82) is 0 Å². The van der Waals surface area contributed by atoms with Crippen LogP contribution in [0.15, 0.2) is 140 Å². The molecule has 0 bridgehead atoms. The molecule has 5 aromatic carbocycles. The number of hydrogen-bond donors (Lipinski definition) is 9. The summed E-state index contributed by atoms with van der Waals surface area (Å²) in [6.45, 7) is 1.10. The predicted molar refractivity (Wildman–Crippen MR) is 289 cm³/mol. The Balaban J connectivity index is 1.18. The number of carbonyl (C=O) groups excluding carboxylic acids is 7. The van der Waals surface area contributed by atoms with Crippen molar-refractivity contribution in [2.75, 3.05) is 38.0 Å². The number of carbonyl (C=O) groups is 7. The smallest absolute Gasteiger partial charge is 0.407 e. The number of nitrogens with zero attached hydrogens (tertiary/aromatic N) is 1. The second-order valence-electron chi connectivity index (χ2n) is 19.6. The minimum atomic E-state index is -1.40. The Labute approximate surface area is 448 Å². The highest BCUT2D eigenvalue weighted by molar-refractivity contribution is 5.99. The van der Waals surface area contributed by atoms with Crippen LogP contribution in [0, 0.1) is 0 Å². The molecule has 3 heterocycles. The van der Waals surface area contributed by atoms with E-state index < -0.39 is 83.9 Å². The van der Waals surface area contributed by atoms with Gasteiger partial charge in [0.25, 0.3) is 0 Å². The molecule has 5 aromatic rings. The minimum absolute atomic E-state index is 0.0396. The lowest BCUT2D eigenvalue weighted by Crippen LogP contribution is -2.61. The second kappa shape index (κ2) is 27.0. The number of hydrogen-bond acceptors (Lipinski definition) is 12. The molecule has 7 amide bonds. The van der Waals surface area contributed by atoms with Gasteiger partial charge in [-0.1, -0.05) is 121 Å². The number of para-hydroxylation sites is 1. The van der Waals surface area contributed by atoms with Crippen molar-refractivity contribution < 1.29 is 43.0 Å². The fourth-order valence-corrected chi connectivity index (χ4v) is 10.0. The van der Waals surface area contributed by atoms with Gasteiger partial charge in [0.2, 0.25) is 35.4 Å². The predicted octanol–water partition coefficient (Wildman–Crippen LogP) is 3.24. The van der Waals surface area contributed by atoms with Gasteiger partial charge in [0.1, 0.15) is 54.7 Å². The van der Waals surface area contributed by atoms with Crippen molar-refractivity contribution in [2.45, 2.75) is 99.8 Å². The molecule has 19 heteroatoms. The molecule has 0 spiro atoms. The topological polar surface area (TPSA) is 277 Å². The summed E-state index contributed by atoms with van der Waals surface area (Å²) in [5.41, 5.74) is 16.0. The van der Waals surface area contributed by atoms with Crippen molar-refractivity contribution in [1.82, 2.24) is 36.8 Å². The Kier molecular flexibility index (Phi) is 19.2. The Morgan fingerprint density at radius 2 is 1.19 bits per heavy atom. The number of benzene rings is 5. The highest BCUT2D eigenvalue weighted by atomic mass is 16.6. The van der Waals surface area contributed by atoms with Crippen LogP contribution in [0.3, 0.4) is 0 Å². The Morgan fingerprint density at radius 1 is 0.597 bits per heavy atom. The minimum Gasteiger partial charge on any atom is -0.489 e. The van der Waals surface area contributed by atoms with Crippen LogP contribution in [-0.4, -0.2) is 115 Å². The van der Waals surface area contributed by atoms with Gasteiger partial charge in [-0.3, -0.25) is 28.8 Å². The lowest BCUT2D eigenvalue weighted by Gasteiger charge is -2.32. The van der Waals surface area contributed by atoms with Gasteiger partial charge >= 0.3 is 6.09 Å². The molecule has 2 fully saturated rings. The highest BCUT2D eigenvalue weighted by Crippen LogP contribution is 2.34. The number of anilines is 1. The summed E-state index contributed by atoms with van der Waals surface area (Å²) in [6.07, 6.45) is -0.888. The van der Waals surface area contributed by atoms with Gasteiger partial charge in [-0.25, -0.2) is 4.79 Å². The summed E-state index contributed by atoms with van der Waals surface area (Å²) in [4.78, 5) is 104. The molecule has 3 aliphatic rings. The van der Waals surface area contributed by atoms with Crippen LogP contribution in [0.1, 0.15) is 71.9 Å². The van der Waals surface area contributed by atoms with Gasteiger partial charge in [0, 0.05) is 50.5 Å². The van der Waals surface area contributed by atoms with E-state index in [0.29, 0.717) is 55.0 Å². The molecule has 19 nitrogen and oxygen atoms in total. The fraction of sp³-hybridized carbons (Fsp3) is 0.362. The first kappa shape index (κ1) is 55.0. The van der Waals surface area contributed by atoms with E-state index in [4.69, 9.17) is 20.9 Å². The average molecular weight is 1050 g/mol. The number of amides is 7. The molecule has 8 atom stereocenters. The maximum Gasteiger partial charge on any atom is 0.407 e. The molecular weight excluding hydrogens is 981 g/mol. The zero-order chi connectivity index (χ0) is 54.1. The molecule has 0 aromatic heterocycles. The van der Waals surface area contributed by atoms with Gasteiger partial charge in [-0.05, 0) is 78.2 Å². The van der Waals surface area contributed by atoms with Gasteiger partial charge in [-0.2, -0.15) is 0 Å². The van der Waals surface area contributed by atoms with Crippen LogP contribution < -0.4 is 53.4 Å². The normalized spacial score (nSPS) is 23.1. The Morgan fingerprint density at radius 3 is 1.91 bits per heavy atom. The molecular formula is C58H68N10O9. The summed E-state index contributed by atoms with van der Waals surface area (Å²) in [5.74, 6) is -3.90. The number of unbranched alkanes of at least 4 members (excludes halogenated alkanes) is 1. The summed E-state index contributed by atoms with van der Waals surface area (Å²) in [5, 5.41) is 20.5. The largest absolute Gasteiger partial charge is 0.489 e. The van der Waals surface area contributed by atoms with Crippen LogP contribution in [-0.2, 0) is 53.0 Å². The van der Waals surface area contributed by atoms with E-state index >= 15 is 9.59 Å².